The molecule has 0 radical (unpaired) electrons. The van der Waals surface area contributed by atoms with Crippen molar-refractivity contribution in [3.63, 3.8) is 0 Å². The Morgan fingerprint density at radius 2 is 1.63 bits per heavy atom. The van der Waals surface area contributed by atoms with Crippen LogP contribution in [0.5, 0.6) is 5.75 Å². The van der Waals surface area contributed by atoms with E-state index < -0.39 is 23.5 Å². The molecule has 3 aromatic carbocycles. The highest BCUT2D eigenvalue weighted by Crippen LogP contribution is 2.25. The fraction of sp³-hybridized carbons (Fsp3) is 0.310. The monoisotopic (exact) mass is 524 g/mol. The third kappa shape index (κ3) is 6.54. The number of carbonyl (C=O) groups is 2. The molecule has 3 aromatic rings. The van der Waals surface area contributed by atoms with E-state index in [1.807, 2.05) is 36.4 Å². The Kier molecular flexibility index (Phi) is 9.04. The lowest BCUT2D eigenvalue weighted by Crippen LogP contribution is -2.49. The molecular weight excluding hydrogens is 494 g/mol. The summed E-state index contributed by atoms with van der Waals surface area (Å²) in [6.45, 7) is 2.76. The molecular formula is C29H30F2N2O5. The molecule has 0 aliphatic carbocycles. The zero-order valence-electron chi connectivity index (χ0n) is 21.4. The zero-order valence-corrected chi connectivity index (χ0v) is 21.4. The van der Waals surface area contributed by atoms with Crippen molar-refractivity contribution in [1.82, 2.24) is 9.80 Å². The molecule has 38 heavy (non-hydrogen) atoms. The van der Waals surface area contributed by atoms with Gasteiger partial charge in [-0.25, -0.2) is 13.6 Å². The van der Waals surface area contributed by atoms with Crippen LogP contribution in [0.2, 0.25) is 0 Å². The van der Waals surface area contributed by atoms with Gasteiger partial charge in [0.15, 0.2) is 11.6 Å². The third-order valence-corrected chi connectivity index (χ3v) is 6.56. The van der Waals surface area contributed by atoms with Crippen molar-refractivity contribution in [1.29, 1.82) is 0 Å². The van der Waals surface area contributed by atoms with Gasteiger partial charge < -0.3 is 19.1 Å². The number of ether oxygens (including phenoxy) is 3. The molecule has 1 atom stereocenters. The highest BCUT2D eigenvalue weighted by molar-refractivity contribution is 5.94. The molecule has 0 saturated carbocycles. The highest BCUT2D eigenvalue weighted by atomic mass is 19.2. The maximum atomic E-state index is 14.1. The van der Waals surface area contributed by atoms with E-state index in [-0.39, 0.29) is 11.7 Å². The number of esters is 1. The number of piperazine rings is 1. The largest absolute Gasteiger partial charge is 0.497 e. The summed E-state index contributed by atoms with van der Waals surface area (Å²) in [5, 5.41) is 0. The van der Waals surface area contributed by atoms with Crippen LogP contribution in [0.4, 0.5) is 8.78 Å². The molecule has 0 spiro atoms. The van der Waals surface area contributed by atoms with Crippen LogP contribution >= 0.6 is 0 Å². The maximum absolute atomic E-state index is 14.1. The van der Waals surface area contributed by atoms with E-state index in [2.05, 4.69) is 4.90 Å². The molecule has 1 fully saturated rings. The molecule has 1 heterocycles. The lowest BCUT2D eigenvalue weighted by molar-refractivity contribution is 0.00326. The number of methoxy groups -OCH3 is 2. The molecule has 0 unspecified atom stereocenters. The lowest BCUT2D eigenvalue weighted by atomic mass is 10.1. The van der Waals surface area contributed by atoms with Gasteiger partial charge in [0.1, 0.15) is 5.75 Å². The van der Waals surface area contributed by atoms with Crippen molar-refractivity contribution in [3.05, 3.63) is 101 Å². The SMILES string of the molecule is COC(=O)c1ccc(CO[C@@H](CN2CCN(C(=O)c3cccc(F)c3F)CC2)c2cccc(OC)c2)cc1. The van der Waals surface area contributed by atoms with Gasteiger partial charge >= 0.3 is 5.97 Å². The van der Waals surface area contributed by atoms with Crippen LogP contribution in [-0.2, 0) is 16.1 Å². The first-order valence-corrected chi connectivity index (χ1v) is 12.3. The summed E-state index contributed by atoms with van der Waals surface area (Å²) in [4.78, 5) is 28.2. The second kappa shape index (κ2) is 12.6. The number of benzene rings is 3. The molecule has 7 nitrogen and oxygen atoms in total. The minimum atomic E-state index is -1.12. The molecule has 200 valence electrons. The predicted molar refractivity (Wildman–Crippen MR) is 137 cm³/mol. The van der Waals surface area contributed by atoms with Gasteiger partial charge in [-0.15, -0.1) is 0 Å². The Morgan fingerprint density at radius 3 is 2.32 bits per heavy atom. The molecule has 0 N–H and O–H groups in total. The van der Waals surface area contributed by atoms with E-state index in [0.717, 1.165) is 17.2 Å². The van der Waals surface area contributed by atoms with Crippen LogP contribution in [0.25, 0.3) is 0 Å². The van der Waals surface area contributed by atoms with Crippen LogP contribution in [0, 0.1) is 11.6 Å². The molecule has 1 saturated heterocycles. The number of hydrogen-bond acceptors (Lipinski definition) is 6. The van der Waals surface area contributed by atoms with Crippen LogP contribution < -0.4 is 4.74 Å². The summed E-state index contributed by atoms with van der Waals surface area (Å²) in [5.74, 6) is -2.35. The second-order valence-corrected chi connectivity index (χ2v) is 8.96. The Bertz CT molecular complexity index is 1260. The van der Waals surface area contributed by atoms with Gasteiger partial charge in [0.2, 0.25) is 0 Å². The predicted octanol–water partition coefficient (Wildman–Crippen LogP) is 4.48. The molecule has 4 rings (SSSR count). The molecule has 9 heteroatoms. The normalized spacial score (nSPS) is 14.7. The summed E-state index contributed by atoms with van der Waals surface area (Å²) < 4.78 is 44.2. The Labute approximate surface area is 220 Å². The number of carbonyl (C=O) groups excluding carboxylic acids is 2. The summed E-state index contributed by atoms with van der Waals surface area (Å²) in [6.07, 6.45) is -0.298. The summed E-state index contributed by atoms with van der Waals surface area (Å²) in [6, 6.07) is 18.3. The first-order chi connectivity index (χ1) is 18.4. The van der Waals surface area contributed by atoms with Crippen LogP contribution in [0.15, 0.2) is 66.7 Å². The smallest absolute Gasteiger partial charge is 0.337 e. The van der Waals surface area contributed by atoms with Crippen molar-refractivity contribution in [3.8, 4) is 5.75 Å². The molecule has 0 bridgehead atoms. The van der Waals surface area contributed by atoms with Gasteiger partial charge in [-0.2, -0.15) is 0 Å². The molecule has 1 aliphatic rings. The lowest BCUT2D eigenvalue weighted by Gasteiger charge is -2.36. The Hall–Kier alpha value is -3.82. The number of rotatable bonds is 9. The van der Waals surface area contributed by atoms with E-state index in [0.29, 0.717) is 50.6 Å². The molecule has 0 aromatic heterocycles. The zero-order chi connectivity index (χ0) is 27.1. The first-order valence-electron chi connectivity index (χ1n) is 12.3. The van der Waals surface area contributed by atoms with Crippen LogP contribution in [0.3, 0.4) is 0 Å². The van der Waals surface area contributed by atoms with Gasteiger partial charge in [-0.05, 0) is 47.5 Å². The minimum absolute atomic E-state index is 0.255. The highest BCUT2D eigenvalue weighted by Gasteiger charge is 2.27. The van der Waals surface area contributed by atoms with Crippen molar-refractivity contribution in [2.45, 2.75) is 12.7 Å². The fourth-order valence-corrected chi connectivity index (χ4v) is 4.36. The first kappa shape index (κ1) is 27.2. The number of nitrogens with zero attached hydrogens (tertiary/aromatic N) is 2. The Morgan fingerprint density at radius 1 is 0.921 bits per heavy atom. The second-order valence-electron chi connectivity index (χ2n) is 8.96. The Balaban J connectivity index is 1.41. The van der Waals surface area contributed by atoms with Gasteiger partial charge in [-0.1, -0.05) is 30.3 Å². The minimum Gasteiger partial charge on any atom is -0.497 e. The number of hydrogen-bond donors (Lipinski definition) is 0. The van der Waals surface area contributed by atoms with E-state index in [1.165, 1.54) is 19.2 Å². The average molecular weight is 525 g/mol. The van der Waals surface area contributed by atoms with E-state index in [1.54, 1.807) is 24.1 Å². The van der Waals surface area contributed by atoms with Gasteiger partial charge in [0, 0.05) is 32.7 Å². The summed E-state index contributed by atoms with van der Waals surface area (Å²) in [5.41, 5.74) is 2.05. The molecule has 1 amide bonds. The maximum Gasteiger partial charge on any atom is 0.337 e. The van der Waals surface area contributed by atoms with Crippen molar-refractivity contribution >= 4 is 11.9 Å². The summed E-state index contributed by atoms with van der Waals surface area (Å²) >= 11 is 0. The van der Waals surface area contributed by atoms with Crippen molar-refractivity contribution in [2.75, 3.05) is 46.9 Å². The summed E-state index contributed by atoms with van der Waals surface area (Å²) in [7, 11) is 2.95. The topological polar surface area (TPSA) is 68.3 Å². The van der Waals surface area contributed by atoms with E-state index in [9.17, 15) is 18.4 Å². The quantitative estimate of drug-likeness (QED) is 0.385. The van der Waals surface area contributed by atoms with Gasteiger partial charge in [-0.3, -0.25) is 9.69 Å². The van der Waals surface area contributed by atoms with E-state index in [4.69, 9.17) is 14.2 Å². The van der Waals surface area contributed by atoms with Gasteiger partial charge in [0.25, 0.3) is 5.91 Å². The van der Waals surface area contributed by atoms with Crippen LogP contribution in [0.1, 0.15) is 37.9 Å². The number of halogens is 2. The molecule has 1 aliphatic heterocycles. The van der Waals surface area contributed by atoms with Gasteiger partial charge in [0.05, 0.1) is 38.1 Å². The van der Waals surface area contributed by atoms with E-state index >= 15 is 0 Å². The van der Waals surface area contributed by atoms with Crippen molar-refractivity contribution in [2.24, 2.45) is 0 Å². The number of amides is 1. The standard InChI is InChI=1S/C29H30F2N2O5/c1-36-23-6-3-5-22(17-23)26(38-19-20-9-11-21(12-10-20)29(35)37-2)18-32-13-15-33(16-14-32)28(34)24-7-4-8-25(30)27(24)31/h3-12,17,26H,13-16,18-19H2,1-2H3/t26-/m0/s1. The average Bonchev–Trinajstić information content (AvgIpc) is 2.96. The third-order valence-electron chi connectivity index (χ3n) is 6.56. The van der Waals surface area contributed by atoms with Crippen LogP contribution in [-0.4, -0.2) is 68.6 Å². The fourth-order valence-electron chi connectivity index (χ4n) is 4.36. The van der Waals surface area contributed by atoms with Crippen molar-refractivity contribution < 1.29 is 32.6 Å².